The molecule has 7 nitrogen and oxygen atoms in total. The molecule has 4 aromatic rings. The Hall–Kier alpha value is -3.73. The first-order valence-electron chi connectivity index (χ1n) is 15.1. The van der Waals surface area contributed by atoms with Crippen molar-refractivity contribution in [3.8, 4) is 0 Å². The third-order valence-electron chi connectivity index (χ3n) is 7.75. The van der Waals surface area contributed by atoms with Crippen LogP contribution >= 0.6 is 11.6 Å². The number of halogens is 4. The maximum atomic E-state index is 13.7. The van der Waals surface area contributed by atoms with Gasteiger partial charge in [-0.25, -0.2) is 4.98 Å². The monoisotopic (exact) mass is 642 g/mol. The molecule has 240 valence electrons. The molecule has 0 aliphatic carbocycles. The number of nitrogens with one attached hydrogen (secondary N) is 2. The average molecular weight is 643 g/mol. The summed E-state index contributed by atoms with van der Waals surface area (Å²) in [5.41, 5.74) is 0.546. The number of nitrogens with zero attached hydrogens (tertiary/aromatic N) is 2. The number of carbonyl (C=O) groups is 1. The minimum atomic E-state index is -4.46. The van der Waals surface area contributed by atoms with Gasteiger partial charge in [0, 0.05) is 24.2 Å². The van der Waals surface area contributed by atoms with Gasteiger partial charge in [0.15, 0.2) is 0 Å². The molecule has 1 aromatic heterocycles. The summed E-state index contributed by atoms with van der Waals surface area (Å²) in [4.78, 5) is 31.8. The Balaban J connectivity index is 1.57. The van der Waals surface area contributed by atoms with Crippen molar-refractivity contribution in [2.24, 2.45) is 0 Å². The molecule has 0 radical (unpaired) electrons. The third-order valence-corrected chi connectivity index (χ3v) is 7.97. The maximum absolute atomic E-state index is 13.7. The summed E-state index contributed by atoms with van der Waals surface area (Å²) in [6.07, 6.45) is -0.381. The van der Waals surface area contributed by atoms with Crippen molar-refractivity contribution in [3.63, 3.8) is 0 Å². The number of aromatic nitrogens is 2. The summed E-state index contributed by atoms with van der Waals surface area (Å²) in [5, 5.41) is 17.5. The minimum Gasteiger partial charge on any atom is -0.390 e. The average Bonchev–Trinajstić information content (AvgIpc) is 3.01. The number of aliphatic hydroxyl groups is 1. The van der Waals surface area contributed by atoms with Crippen LogP contribution in [0.1, 0.15) is 72.6 Å². The van der Waals surface area contributed by atoms with Crippen LogP contribution in [0.25, 0.3) is 10.9 Å². The Morgan fingerprint density at radius 3 is 2.36 bits per heavy atom. The van der Waals surface area contributed by atoms with Crippen LogP contribution < -0.4 is 16.2 Å². The molecule has 11 heteroatoms. The Morgan fingerprint density at radius 2 is 1.69 bits per heavy atom. The fourth-order valence-corrected chi connectivity index (χ4v) is 5.71. The van der Waals surface area contributed by atoms with E-state index in [-0.39, 0.29) is 52.6 Å². The van der Waals surface area contributed by atoms with Crippen LogP contribution in [0.4, 0.5) is 13.2 Å². The standard InChI is InChI=1S/C34H38ClF3N4O3/c1-3-9-26(10-4-2)42-21-40-31-27(17-25(35)18-28(31)33(42)45)32(44)41-29(16-22-11-6-5-7-12-22)30(43)20-39-19-23-13-8-14-24(15-23)34(36,37)38/h5-8,11-15,17-18,21,26,29-30,39,43H,3-4,9-10,16,19-20H2,1-2H3,(H,41,44)/t29-,30+/m0/s1. The zero-order chi connectivity index (χ0) is 32.6. The van der Waals surface area contributed by atoms with Crippen molar-refractivity contribution >= 4 is 28.4 Å². The fraction of sp³-hybridized carbons (Fsp3) is 0.382. The van der Waals surface area contributed by atoms with Crippen LogP contribution in [-0.4, -0.2) is 39.3 Å². The number of aliphatic hydroxyl groups excluding tert-OH is 1. The van der Waals surface area contributed by atoms with Gasteiger partial charge in [0.05, 0.1) is 40.5 Å². The van der Waals surface area contributed by atoms with Crippen molar-refractivity contribution in [1.82, 2.24) is 20.2 Å². The van der Waals surface area contributed by atoms with Crippen LogP contribution in [0.2, 0.25) is 5.02 Å². The maximum Gasteiger partial charge on any atom is 0.416 e. The molecule has 1 amide bonds. The molecule has 0 bridgehead atoms. The molecule has 0 aliphatic heterocycles. The Kier molecular flexibility index (Phi) is 11.8. The van der Waals surface area contributed by atoms with E-state index < -0.39 is 29.8 Å². The van der Waals surface area contributed by atoms with Gasteiger partial charge in [-0.1, -0.05) is 86.8 Å². The molecule has 0 fully saturated rings. The molecule has 0 unspecified atom stereocenters. The Morgan fingerprint density at radius 1 is 1.00 bits per heavy atom. The Bertz CT molecular complexity index is 1640. The highest BCUT2D eigenvalue weighted by molar-refractivity contribution is 6.32. The largest absolute Gasteiger partial charge is 0.416 e. The van der Waals surface area contributed by atoms with Gasteiger partial charge in [-0.2, -0.15) is 13.2 Å². The van der Waals surface area contributed by atoms with Crippen LogP contribution in [0.5, 0.6) is 0 Å². The zero-order valence-corrected chi connectivity index (χ0v) is 26.0. The predicted molar refractivity (Wildman–Crippen MR) is 170 cm³/mol. The molecule has 3 aromatic carbocycles. The second kappa shape index (κ2) is 15.5. The lowest BCUT2D eigenvalue weighted by Crippen LogP contribution is -2.48. The first-order valence-corrected chi connectivity index (χ1v) is 15.5. The number of carbonyl (C=O) groups excluding carboxylic acids is 1. The lowest BCUT2D eigenvalue weighted by Gasteiger charge is -2.25. The molecular weight excluding hydrogens is 605 g/mol. The number of benzene rings is 3. The first kappa shape index (κ1) is 34.1. The lowest BCUT2D eigenvalue weighted by atomic mass is 10.00. The molecule has 0 aliphatic rings. The van der Waals surface area contributed by atoms with E-state index in [9.17, 15) is 27.9 Å². The van der Waals surface area contributed by atoms with Crippen molar-refractivity contribution < 1.29 is 23.1 Å². The summed E-state index contributed by atoms with van der Waals surface area (Å²) in [6.45, 7) is 4.19. The normalized spacial score (nSPS) is 13.2. The van der Waals surface area contributed by atoms with Crippen LogP contribution in [-0.2, 0) is 19.1 Å². The number of hydrogen-bond acceptors (Lipinski definition) is 5. The lowest BCUT2D eigenvalue weighted by molar-refractivity contribution is -0.137. The molecule has 3 N–H and O–H groups in total. The van der Waals surface area contributed by atoms with Crippen LogP contribution in [0.15, 0.2) is 77.9 Å². The number of rotatable bonds is 14. The summed E-state index contributed by atoms with van der Waals surface area (Å²) in [7, 11) is 0. The van der Waals surface area contributed by atoms with E-state index >= 15 is 0 Å². The highest BCUT2D eigenvalue weighted by Gasteiger charge is 2.30. The van der Waals surface area contributed by atoms with Crippen LogP contribution in [0.3, 0.4) is 0 Å². The smallest absolute Gasteiger partial charge is 0.390 e. The van der Waals surface area contributed by atoms with E-state index in [0.29, 0.717) is 5.56 Å². The second-order valence-electron chi connectivity index (χ2n) is 11.2. The third kappa shape index (κ3) is 8.93. The second-order valence-corrected chi connectivity index (χ2v) is 11.6. The van der Waals surface area contributed by atoms with E-state index in [1.165, 1.54) is 24.5 Å². The van der Waals surface area contributed by atoms with Gasteiger partial charge in [0.2, 0.25) is 0 Å². The van der Waals surface area contributed by atoms with Crippen molar-refractivity contribution in [1.29, 1.82) is 0 Å². The number of hydrogen-bond donors (Lipinski definition) is 3. The highest BCUT2D eigenvalue weighted by atomic mass is 35.5. The SMILES string of the molecule is CCCC(CCC)n1cnc2c(C(=O)N[C@@H](Cc3ccccc3)[C@H](O)CNCc3cccc(C(F)(F)F)c3)cc(Cl)cc2c1=O. The molecular formula is C34H38ClF3N4O3. The summed E-state index contributed by atoms with van der Waals surface area (Å²) < 4.78 is 41.0. The topological polar surface area (TPSA) is 96.2 Å². The predicted octanol–water partition coefficient (Wildman–Crippen LogP) is 6.70. The zero-order valence-electron chi connectivity index (χ0n) is 25.3. The van der Waals surface area contributed by atoms with Crippen molar-refractivity contribution in [2.75, 3.05) is 6.54 Å². The molecule has 0 spiro atoms. The molecule has 2 atom stereocenters. The van der Waals surface area contributed by atoms with Gasteiger partial charge in [0.25, 0.3) is 11.5 Å². The summed E-state index contributed by atoms with van der Waals surface area (Å²) in [5.74, 6) is -0.566. The molecule has 1 heterocycles. The van der Waals surface area contributed by atoms with Gasteiger partial charge >= 0.3 is 6.18 Å². The van der Waals surface area contributed by atoms with E-state index in [2.05, 4.69) is 29.5 Å². The molecule has 45 heavy (non-hydrogen) atoms. The van der Waals surface area contributed by atoms with Gasteiger partial charge in [-0.05, 0) is 48.6 Å². The molecule has 0 saturated heterocycles. The van der Waals surface area contributed by atoms with Gasteiger partial charge in [-0.3, -0.25) is 14.2 Å². The van der Waals surface area contributed by atoms with Crippen LogP contribution in [0, 0.1) is 0 Å². The van der Waals surface area contributed by atoms with Gasteiger partial charge in [0.1, 0.15) is 0 Å². The van der Waals surface area contributed by atoms with E-state index in [0.717, 1.165) is 43.4 Å². The van der Waals surface area contributed by atoms with E-state index in [1.54, 1.807) is 10.6 Å². The van der Waals surface area contributed by atoms with Gasteiger partial charge in [-0.15, -0.1) is 0 Å². The first-order chi connectivity index (χ1) is 21.5. The summed E-state index contributed by atoms with van der Waals surface area (Å²) >= 11 is 6.40. The quantitative estimate of drug-likeness (QED) is 0.142. The minimum absolute atomic E-state index is 0.0104. The van der Waals surface area contributed by atoms with Gasteiger partial charge < -0.3 is 15.7 Å². The fourth-order valence-electron chi connectivity index (χ4n) is 5.50. The van der Waals surface area contributed by atoms with Crippen molar-refractivity contribution in [3.05, 3.63) is 111 Å². The van der Waals surface area contributed by atoms with Crippen molar-refractivity contribution in [2.45, 2.75) is 76.9 Å². The van der Waals surface area contributed by atoms with E-state index in [4.69, 9.17) is 11.6 Å². The number of amides is 1. The molecule has 0 saturated carbocycles. The highest BCUT2D eigenvalue weighted by Crippen LogP contribution is 2.29. The molecule has 4 rings (SSSR count). The van der Waals surface area contributed by atoms with E-state index in [1.807, 2.05) is 30.3 Å². The summed E-state index contributed by atoms with van der Waals surface area (Å²) in [6, 6.07) is 16.4. The Labute approximate surface area is 265 Å². The number of fused-ring (bicyclic) bond motifs is 1. The number of alkyl halides is 3.